The van der Waals surface area contributed by atoms with Crippen molar-refractivity contribution in [3.05, 3.63) is 17.5 Å². The fourth-order valence-corrected chi connectivity index (χ4v) is 2.92. The molecule has 0 fully saturated rings. The summed E-state index contributed by atoms with van der Waals surface area (Å²) in [6, 6.07) is 4.02. The molecule has 4 nitrogen and oxygen atoms in total. The van der Waals surface area contributed by atoms with Crippen LogP contribution in [0, 0.1) is 0 Å². The van der Waals surface area contributed by atoms with Crippen LogP contribution in [0.5, 0.6) is 0 Å². The van der Waals surface area contributed by atoms with Gasteiger partial charge in [0.05, 0.1) is 4.88 Å². The van der Waals surface area contributed by atoms with Crippen molar-refractivity contribution in [3.63, 3.8) is 0 Å². The molecule has 0 aliphatic carbocycles. The molecule has 0 amide bonds. The van der Waals surface area contributed by atoms with Crippen LogP contribution in [0.25, 0.3) is 9.88 Å². The second-order valence-electron chi connectivity index (χ2n) is 2.87. The zero-order valence-corrected chi connectivity index (χ0v) is 11.0. The molecule has 2 heterocycles. The lowest BCUT2D eigenvalue weighted by atomic mass is 10.5. The van der Waals surface area contributed by atoms with E-state index >= 15 is 0 Å². The Kier molecular flexibility index (Phi) is 3.81. The van der Waals surface area contributed by atoms with Crippen molar-refractivity contribution < 1.29 is 0 Å². The van der Waals surface area contributed by atoms with E-state index < -0.39 is 0 Å². The van der Waals surface area contributed by atoms with Gasteiger partial charge in [-0.1, -0.05) is 17.4 Å². The van der Waals surface area contributed by atoms with Gasteiger partial charge in [-0.15, -0.1) is 21.5 Å². The Balaban J connectivity index is 2.06. The number of nitrogens with one attached hydrogen (secondary N) is 2. The first-order chi connectivity index (χ1) is 7.79. The van der Waals surface area contributed by atoms with E-state index in [9.17, 15) is 0 Å². The first-order valence-corrected chi connectivity index (χ1v) is 6.82. The van der Waals surface area contributed by atoms with Crippen molar-refractivity contribution in [2.75, 3.05) is 11.9 Å². The highest BCUT2D eigenvalue weighted by Gasteiger charge is 2.07. The summed E-state index contributed by atoms with van der Waals surface area (Å²) in [7, 11) is 0. The summed E-state index contributed by atoms with van der Waals surface area (Å²) in [4.78, 5) is 1.12. The van der Waals surface area contributed by atoms with Gasteiger partial charge in [0.2, 0.25) is 5.13 Å². The topological polar surface area (TPSA) is 49.8 Å². The molecule has 0 atom stereocenters. The SMILES string of the molecule is CCNC(=S)Nc1nnc(-c2cccs2)s1. The molecule has 0 radical (unpaired) electrons. The second kappa shape index (κ2) is 5.33. The average molecular weight is 270 g/mol. The smallest absolute Gasteiger partial charge is 0.212 e. The summed E-state index contributed by atoms with van der Waals surface area (Å²) >= 11 is 8.21. The van der Waals surface area contributed by atoms with Crippen LogP contribution >= 0.6 is 34.9 Å². The van der Waals surface area contributed by atoms with Gasteiger partial charge in [0.15, 0.2) is 10.1 Å². The number of anilines is 1. The molecule has 2 rings (SSSR count). The Labute approximate surface area is 107 Å². The Morgan fingerprint density at radius 3 is 3.06 bits per heavy atom. The molecule has 0 aromatic carbocycles. The van der Waals surface area contributed by atoms with Crippen molar-refractivity contribution in [2.24, 2.45) is 0 Å². The molecule has 0 aliphatic rings. The third kappa shape index (κ3) is 2.75. The van der Waals surface area contributed by atoms with Gasteiger partial charge in [0.1, 0.15) is 0 Å². The maximum Gasteiger partial charge on any atom is 0.212 e. The van der Waals surface area contributed by atoms with Crippen LogP contribution in [0.3, 0.4) is 0 Å². The fourth-order valence-electron chi connectivity index (χ4n) is 1.08. The van der Waals surface area contributed by atoms with Crippen LogP contribution in [0.1, 0.15) is 6.92 Å². The summed E-state index contributed by atoms with van der Waals surface area (Å²) in [5.41, 5.74) is 0. The van der Waals surface area contributed by atoms with Crippen LogP contribution in [-0.4, -0.2) is 21.9 Å². The van der Waals surface area contributed by atoms with Gasteiger partial charge in [-0.3, -0.25) is 0 Å². The summed E-state index contributed by atoms with van der Waals surface area (Å²) in [5, 5.41) is 18.4. The third-order valence-corrected chi connectivity index (χ3v) is 3.84. The van der Waals surface area contributed by atoms with Gasteiger partial charge in [-0.2, -0.15) is 0 Å². The van der Waals surface area contributed by atoms with Gasteiger partial charge in [0, 0.05) is 6.54 Å². The maximum absolute atomic E-state index is 5.06. The molecule has 0 spiro atoms. The highest BCUT2D eigenvalue weighted by molar-refractivity contribution is 7.80. The zero-order valence-electron chi connectivity index (χ0n) is 8.56. The van der Waals surface area contributed by atoms with E-state index in [0.717, 1.165) is 16.4 Å². The average Bonchev–Trinajstić information content (AvgIpc) is 2.86. The van der Waals surface area contributed by atoms with Crippen LogP contribution in [0.4, 0.5) is 5.13 Å². The fraction of sp³-hybridized carbons (Fsp3) is 0.222. The first-order valence-electron chi connectivity index (χ1n) is 4.72. The summed E-state index contributed by atoms with van der Waals surface area (Å²) in [5.74, 6) is 0. The lowest BCUT2D eigenvalue weighted by Crippen LogP contribution is -2.27. The molecule has 16 heavy (non-hydrogen) atoms. The minimum absolute atomic E-state index is 0.580. The summed E-state index contributed by atoms with van der Waals surface area (Å²) < 4.78 is 0. The molecular weight excluding hydrogens is 260 g/mol. The lowest BCUT2D eigenvalue weighted by Gasteiger charge is -2.03. The van der Waals surface area contributed by atoms with Crippen molar-refractivity contribution in [1.29, 1.82) is 0 Å². The number of nitrogens with zero attached hydrogens (tertiary/aromatic N) is 2. The standard InChI is InChI=1S/C9H10N4S3/c1-2-10-8(14)11-9-13-12-7(16-9)6-4-3-5-15-6/h3-5H,2H2,1H3,(H2,10,11,13,14). The quantitative estimate of drug-likeness (QED) is 0.840. The molecule has 0 bridgehead atoms. The van der Waals surface area contributed by atoms with Crippen LogP contribution in [-0.2, 0) is 0 Å². The molecule has 0 saturated carbocycles. The maximum atomic E-state index is 5.06. The van der Waals surface area contributed by atoms with E-state index in [1.165, 1.54) is 11.3 Å². The molecule has 0 aliphatic heterocycles. The first kappa shape index (κ1) is 11.4. The third-order valence-electron chi connectivity index (χ3n) is 1.71. The number of thiophene rings is 1. The van der Waals surface area contributed by atoms with E-state index in [2.05, 4.69) is 20.8 Å². The van der Waals surface area contributed by atoms with Crippen molar-refractivity contribution in [2.45, 2.75) is 6.92 Å². The molecular formula is C9H10N4S3. The van der Waals surface area contributed by atoms with Crippen LogP contribution in [0.15, 0.2) is 17.5 Å². The second-order valence-corrected chi connectivity index (χ2v) is 5.21. The van der Waals surface area contributed by atoms with E-state index in [-0.39, 0.29) is 0 Å². The van der Waals surface area contributed by atoms with E-state index in [0.29, 0.717) is 10.2 Å². The zero-order chi connectivity index (χ0) is 11.4. The van der Waals surface area contributed by atoms with Gasteiger partial charge < -0.3 is 10.6 Å². The molecule has 7 heteroatoms. The minimum Gasteiger partial charge on any atom is -0.363 e. The lowest BCUT2D eigenvalue weighted by molar-refractivity contribution is 0.977. The monoisotopic (exact) mass is 270 g/mol. The Bertz CT molecular complexity index is 463. The van der Waals surface area contributed by atoms with Crippen LogP contribution in [0.2, 0.25) is 0 Å². The Hall–Kier alpha value is -1.05. The molecule has 2 N–H and O–H groups in total. The van der Waals surface area contributed by atoms with Gasteiger partial charge in [0.25, 0.3) is 0 Å². The van der Waals surface area contributed by atoms with E-state index in [4.69, 9.17) is 12.2 Å². The van der Waals surface area contributed by atoms with Gasteiger partial charge in [-0.05, 0) is 30.6 Å². The number of thiocarbonyl (C=S) groups is 1. The minimum atomic E-state index is 0.580. The number of hydrogen-bond donors (Lipinski definition) is 2. The molecule has 0 unspecified atom stereocenters. The summed E-state index contributed by atoms with van der Waals surface area (Å²) in [6.07, 6.45) is 0. The summed E-state index contributed by atoms with van der Waals surface area (Å²) in [6.45, 7) is 2.79. The normalized spacial score (nSPS) is 10.1. The van der Waals surface area contributed by atoms with Gasteiger partial charge >= 0.3 is 0 Å². The number of rotatable bonds is 3. The highest BCUT2D eigenvalue weighted by atomic mass is 32.1. The Morgan fingerprint density at radius 1 is 1.50 bits per heavy atom. The van der Waals surface area contributed by atoms with E-state index in [1.807, 2.05) is 24.4 Å². The molecule has 2 aromatic rings. The van der Waals surface area contributed by atoms with Crippen molar-refractivity contribution in [3.8, 4) is 9.88 Å². The van der Waals surface area contributed by atoms with Crippen LogP contribution < -0.4 is 10.6 Å². The molecule has 0 saturated heterocycles. The Morgan fingerprint density at radius 2 is 2.38 bits per heavy atom. The van der Waals surface area contributed by atoms with E-state index in [1.54, 1.807) is 11.3 Å². The highest BCUT2D eigenvalue weighted by Crippen LogP contribution is 2.29. The van der Waals surface area contributed by atoms with Gasteiger partial charge in [-0.25, -0.2) is 0 Å². The number of hydrogen-bond acceptors (Lipinski definition) is 5. The number of aromatic nitrogens is 2. The predicted molar refractivity (Wildman–Crippen MR) is 73.1 cm³/mol. The molecule has 84 valence electrons. The molecule has 2 aromatic heterocycles. The largest absolute Gasteiger partial charge is 0.363 e. The predicted octanol–water partition coefficient (Wildman–Crippen LogP) is 2.57. The van der Waals surface area contributed by atoms with Crippen molar-refractivity contribution >= 4 is 45.1 Å². The van der Waals surface area contributed by atoms with Crippen molar-refractivity contribution in [1.82, 2.24) is 15.5 Å².